The highest BCUT2D eigenvalue weighted by molar-refractivity contribution is 6.35. The van der Waals surface area contributed by atoms with E-state index in [2.05, 4.69) is 43.1 Å². The zero-order chi connectivity index (χ0) is 23.5. The molecule has 0 atom stereocenters. The number of likely N-dealkylation sites (tertiary alicyclic amines) is 1. The van der Waals surface area contributed by atoms with E-state index in [1.54, 1.807) is 4.90 Å². The molecule has 2 aliphatic heterocycles. The van der Waals surface area contributed by atoms with Gasteiger partial charge in [0.05, 0.1) is 0 Å². The van der Waals surface area contributed by atoms with Gasteiger partial charge in [-0.1, -0.05) is 39.0 Å². The number of carbonyl (C=O) groups excluding carboxylic acids is 3. The summed E-state index contributed by atoms with van der Waals surface area (Å²) in [6.45, 7) is 9.27. The second-order valence-corrected chi connectivity index (χ2v) is 9.39. The molecule has 0 aromatic heterocycles. The zero-order valence-electron chi connectivity index (χ0n) is 19.0. The molecular formula is C23H32N4O5. The van der Waals surface area contributed by atoms with Gasteiger partial charge in [0.25, 0.3) is 0 Å². The van der Waals surface area contributed by atoms with Crippen molar-refractivity contribution in [2.24, 2.45) is 0 Å². The first kappa shape index (κ1) is 23.6. The van der Waals surface area contributed by atoms with Crippen LogP contribution in [0.3, 0.4) is 0 Å². The quantitative estimate of drug-likeness (QED) is 0.654. The fourth-order valence-electron chi connectivity index (χ4n) is 4.29. The van der Waals surface area contributed by atoms with Crippen molar-refractivity contribution in [2.45, 2.75) is 45.1 Å². The summed E-state index contributed by atoms with van der Waals surface area (Å²) in [6.07, 6.45) is 0.852. The average molecular weight is 445 g/mol. The van der Waals surface area contributed by atoms with Gasteiger partial charge in [0, 0.05) is 51.0 Å². The minimum Gasteiger partial charge on any atom is -0.474 e. The summed E-state index contributed by atoms with van der Waals surface area (Å²) >= 11 is 0. The van der Waals surface area contributed by atoms with Gasteiger partial charge in [-0.15, -0.1) is 0 Å². The summed E-state index contributed by atoms with van der Waals surface area (Å²) in [6, 6.07) is 8.05. The Morgan fingerprint density at radius 2 is 1.44 bits per heavy atom. The Bertz CT molecular complexity index is 879. The van der Waals surface area contributed by atoms with Gasteiger partial charge in [0.2, 0.25) is 0 Å². The topological polar surface area (TPSA) is 110 Å². The third-order valence-corrected chi connectivity index (χ3v) is 6.11. The van der Waals surface area contributed by atoms with E-state index < -0.39 is 23.7 Å². The smallest absolute Gasteiger partial charge is 0.394 e. The molecule has 9 heteroatoms. The van der Waals surface area contributed by atoms with Gasteiger partial charge < -0.3 is 25.1 Å². The monoisotopic (exact) mass is 444 g/mol. The number of hydrogen-bond donors (Lipinski definition) is 2. The fraction of sp³-hybridized carbons (Fsp3) is 0.565. The van der Waals surface area contributed by atoms with E-state index in [1.807, 2.05) is 12.1 Å². The molecule has 1 aromatic rings. The number of piperidine rings is 1. The highest BCUT2D eigenvalue weighted by Gasteiger charge is 2.31. The zero-order valence-corrected chi connectivity index (χ0v) is 19.0. The summed E-state index contributed by atoms with van der Waals surface area (Å²) in [4.78, 5) is 52.5. The molecule has 174 valence electrons. The lowest BCUT2D eigenvalue weighted by molar-refractivity contribution is -0.156. The first-order chi connectivity index (χ1) is 15.1. The predicted octanol–water partition coefficient (Wildman–Crippen LogP) is 0.825. The fourth-order valence-corrected chi connectivity index (χ4v) is 4.29. The molecular weight excluding hydrogens is 412 g/mol. The number of benzene rings is 1. The first-order valence-corrected chi connectivity index (χ1v) is 11.0. The Labute approximate surface area is 188 Å². The number of nitrogens with zero attached hydrogens (tertiary/aromatic N) is 3. The van der Waals surface area contributed by atoms with Gasteiger partial charge in [-0.05, 0) is 29.9 Å². The summed E-state index contributed by atoms with van der Waals surface area (Å²) in [7, 11) is 0. The van der Waals surface area contributed by atoms with Gasteiger partial charge in [-0.2, -0.15) is 0 Å². The van der Waals surface area contributed by atoms with Crippen LogP contribution < -0.4 is 10.2 Å². The van der Waals surface area contributed by atoms with E-state index >= 15 is 0 Å². The number of anilines is 1. The molecule has 0 radical (unpaired) electrons. The van der Waals surface area contributed by atoms with Crippen molar-refractivity contribution in [2.75, 3.05) is 44.2 Å². The molecule has 0 saturated carbocycles. The van der Waals surface area contributed by atoms with Crippen LogP contribution in [-0.4, -0.2) is 83.9 Å². The molecule has 1 aromatic carbocycles. The van der Waals surface area contributed by atoms with Crippen molar-refractivity contribution >= 4 is 29.4 Å². The number of carboxylic acids is 1. The Morgan fingerprint density at radius 3 is 2.00 bits per heavy atom. The van der Waals surface area contributed by atoms with Crippen molar-refractivity contribution in [3.8, 4) is 0 Å². The minimum atomic E-state index is -1.48. The molecule has 0 aliphatic carbocycles. The van der Waals surface area contributed by atoms with Crippen molar-refractivity contribution in [1.29, 1.82) is 0 Å². The van der Waals surface area contributed by atoms with Crippen LogP contribution in [0.25, 0.3) is 0 Å². The molecule has 9 nitrogen and oxygen atoms in total. The number of piperazine rings is 1. The van der Waals surface area contributed by atoms with Crippen LogP contribution in [-0.2, 0) is 24.6 Å². The number of hydrogen-bond acceptors (Lipinski definition) is 5. The number of nitrogens with one attached hydrogen (secondary N) is 1. The second-order valence-electron chi connectivity index (χ2n) is 9.39. The Kier molecular flexibility index (Phi) is 7.06. The highest BCUT2D eigenvalue weighted by atomic mass is 16.4. The molecule has 0 bridgehead atoms. The standard InChI is InChI=1S/C23H32N4O5/c1-23(2,3)17-6-4-5-7-18(17)25-12-14-27(15-13-25)20(29)19(28)24-16-8-10-26(11-9-16)21(30)22(31)32/h4-7,16H,8-15H2,1-3H3,(H,24,28)(H,31,32). The maximum atomic E-state index is 12.7. The molecule has 3 rings (SSSR count). The Balaban J connectivity index is 1.50. The van der Waals surface area contributed by atoms with Crippen LogP contribution >= 0.6 is 0 Å². The average Bonchev–Trinajstić information content (AvgIpc) is 2.78. The number of para-hydroxylation sites is 1. The predicted molar refractivity (Wildman–Crippen MR) is 119 cm³/mol. The van der Waals surface area contributed by atoms with Gasteiger partial charge >= 0.3 is 23.7 Å². The maximum Gasteiger partial charge on any atom is 0.394 e. The lowest BCUT2D eigenvalue weighted by Crippen LogP contribution is -2.55. The van der Waals surface area contributed by atoms with Crippen LogP contribution in [0.1, 0.15) is 39.2 Å². The second kappa shape index (κ2) is 9.58. The third kappa shape index (κ3) is 5.38. The molecule has 0 spiro atoms. The molecule has 2 saturated heterocycles. The van der Waals surface area contributed by atoms with Crippen LogP contribution in [0.5, 0.6) is 0 Å². The normalized spacial score (nSPS) is 17.8. The van der Waals surface area contributed by atoms with E-state index in [-0.39, 0.29) is 24.5 Å². The van der Waals surface area contributed by atoms with Crippen LogP contribution in [0.15, 0.2) is 24.3 Å². The van der Waals surface area contributed by atoms with Crippen molar-refractivity contribution in [3.05, 3.63) is 29.8 Å². The van der Waals surface area contributed by atoms with Gasteiger partial charge in [-0.25, -0.2) is 4.79 Å². The molecule has 2 fully saturated rings. The van der Waals surface area contributed by atoms with Gasteiger partial charge in [0.15, 0.2) is 0 Å². The van der Waals surface area contributed by atoms with Crippen LogP contribution in [0, 0.1) is 0 Å². The molecule has 0 unspecified atom stereocenters. The summed E-state index contributed by atoms with van der Waals surface area (Å²) in [5, 5.41) is 11.5. The van der Waals surface area contributed by atoms with Crippen molar-refractivity contribution < 1.29 is 24.3 Å². The number of amides is 3. The van der Waals surface area contributed by atoms with Gasteiger partial charge in [-0.3, -0.25) is 14.4 Å². The van der Waals surface area contributed by atoms with Gasteiger partial charge in [0.1, 0.15) is 0 Å². The van der Waals surface area contributed by atoms with Crippen LogP contribution in [0.4, 0.5) is 5.69 Å². The lowest BCUT2D eigenvalue weighted by atomic mass is 9.85. The van der Waals surface area contributed by atoms with Crippen molar-refractivity contribution in [3.63, 3.8) is 0 Å². The summed E-state index contributed by atoms with van der Waals surface area (Å²) < 4.78 is 0. The molecule has 2 heterocycles. The number of rotatable bonds is 2. The molecule has 2 N–H and O–H groups in total. The summed E-state index contributed by atoms with van der Waals surface area (Å²) in [5.41, 5.74) is 2.43. The lowest BCUT2D eigenvalue weighted by Gasteiger charge is -2.38. The maximum absolute atomic E-state index is 12.7. The minimum absolute atomic E-state index is 0.00802. The number of carbonyl (C=O) groups is 4. The van der Waals surface area contributed by atoms with E-state index in [0.717, 1.165) is 0 Å². The molecule has 3 amide bonds. The Hall–Kier alpha value is -3.10. The largest absolute Gasteiger partial charge is 0.474 e. The third-order valence-electron chi connectivity index (χ3n) is 6.11. The number of carboxylic acid groups (broad SMARTS) is 1. The van der Waals surface area contributed by atoms with Crippen molar-refractivity contribution in [1.82, 2.24) is 15.1 Å². The molecule has 2 aliphatic rings. The van der Waals surface area contributed by atoms with E-state index in [4.69, 9.17) is 5.11 Å². The van der Waals surface area contributed by atoms with Crippen LogP contribution in [0.2, 0.25) is 0 Å². The number of aliphatic carboxylic acids is 1. The summed E-state index contributed by atoms with van der Waals surface area (Å²) in [5.74, 6) is -3.60. The van der Waals surface area contributed by atoms with E-state index in [0.29, 0.717) is 39.0 Å². The van der Waals surface area contributed by atoms with E-state index in [1.165, 1.54) is 16.2 Å². The van der Waals surface area contributed by atoms with E-state index in [9.17, 15) is 19.2 Å². The SMILES string of the molecule is CC(C)(C)c1ccccc1N1CCN(C(=O)C(=O)NC2CCN(C(=O)C(=O)O)CC2)CC1. The Morgan fingerprint density at radius 1 is 0.875 bits per heavy atom. The first-order valence-electron chi connectivity index (χ1n) is 11.0. The molecule has 32 heavy (non-hydrogen) atoms. The highest BCUT2D eigenvalue weighted by Crippen LogP contribution is 2.32.